The average molecular weight is 376 g/mol. The summed E-state index contributed by atoms with van der Waals surface area (Å²) in [6.45, 7) is 0.692. The molecule has 1 aromatic heterocycles. The van der Waals surface area contributed by atoms with E-state index in [0.717, 1.165) is 22.3 Å². The van der Waals surface area contributed by atoms with E-state index < -0.39 is 0 Å². The van der Waals surface area contributed by atoms with Crippen molar-refractivity contribution in [2.24, 2.45) is 5.73 Å². The highest BCUT2D eigenvalue weighted by Crippen LogP contribution is 2.32. The van der Waals surface area contributed by atoms with Gasteiger partial charge in [-0.2, -0.15) is 5.26 Å². The van der Waals surface area contributed by atoms with Crippen LogP contribution in [0.4, 0.5) is 5.69 Å². The van der Waals surface area contributed by atoms with Crippen LogP contribution in [0.3, 0.4) is 0 Å². The van der Waals surface area contributed by atoms with E-state index in [1.807, 2.05) is 90.0 Å². The Morgan fingerprint density at radius 2 is 1.52 bits per heavy atom. The average Bonchev–Trinajstić information content (AvgIpc) is 2.80. The fourth-order valence-electron chi connectivity index (χ4n) is 3.40. The summed E-state index contributed by atoms with van der Waals surface area (Å²) in [5.41, 5.74) is 10.8. The molecule has 140 valence electrons. The number of benzene rings is 3. The first kappa shape index (κ1) is 18.3. The minimum atomic E-state index is 0.521. The molecule has 2 N–H and O–H groups in total. The molecule has 0 unspecified atom stereocenters. The summed E-state index contributed by atoms with van der Waals surface area (Å²) in [6, 6.07) is 32.1. The molecular weight excluding hydrogens is 356 g/mol. The van der Waals surface area contributed by atoms with Crippen molar-refractivity contribution in [2.75, 3.05) is 4.90 Å². The zero-order chi connectivity index (χ0) is 20.1. The first-order chi connectivity index (χ1) is 14.3. The summed E-state index contributed by atoms with van der Waals surface area (Å²) in [4.78, 5) is 6.15. The van der Waals surface area contributed by atoms with Crippen molar-refractivity contribution in [3.05, 3.63) is 114 Å². The summed E-state index contributed by atoms with van der Waals surface area (Å²) in [5, 5.41) is 10.6. The number of pyridine rings is 1. The van der Waals surface area contributed by atoms with E-state index in [1.165, 1.54) is 5.39 Å². The van der Waals surface area contributed by atoms with Gasteiger partial charge in [0.2, 0.25) is 0 Å². The number of rotatable bonds is 1. The van der Waals surface area contributed by atoms with Crippen LogP contribution in [0.15, 0.2) is 103 Å². The van der Waals surface area contributed by atoms with Crippen molar-refractivity contribution in [3.63, 3.8) is 0 Å². The van der Waals surface area contributed by atoms with Gasteiger partial charge in [-0.25, -0.2) is 0 Å². The van der Waals surface area contributed by atoms with Gasteiger partial charge in [0, 0.05) is 22.8 Å². The second kappa shape index (κ2) is 8.28. The van der Waals surface area contributed by atoms with Crippen LogP contribution in [0.2, 0.25) is 0 Å². The monoisotopic (exact) mass is 376 g/mol. The van der Waals surface area contributed by atoms with Crippen molar-refractivity contribution in [2.45, 2.75) is 6.54 Å². The molecular formula is C25H20N4. The Morgan fingerprint density at radius 1 is 0.828 bits per heavy atom. The van der Waals surface area contributed by atoms with Gasteiger partial charge in [0.05, 0.1) is 17.6 Å². The van der Waals surface area contributed by atoms with Crippen LogP contribution in [0.25, 0.3) is 16.5 Å². The summed E-state index contributed by atoms with van der Waals surface area (Å²) in [6.07, 6.45) is 1.81. The Hall–Kier alpha value is -4.10. The summed E-state index contributed by atoms with van der Waals surface area (Å²) < 4.78 is 0. The summed E-state index contributed by atoms with van der Waals surface area (Å²) >= 11 is 0. The van der Waals surface area contributed by atoms with Gasteiger partial charge in [-0.3, -0.25) is 4.98 Å². The van der Waals surface area contributed by atoms with Crippen LogP contribution in [0.1, 0.15) is 11.1 Å². The van der Waals surface area contributed by atoms with E-state index in [4.69, 9.17) is 5.73 Å². The molecule has 4 nitrogen and oxygen atoms in total. The molecule has 29 heavy (non-hydrogen) atoms. The molecule has 1 aliphatic rings. The number of nitriles is 1. The summed E-state index contributed by atoms with van der Waals surface area (Å²) in [7, 11) is 0. The van der Waals surface area contributed by atoms with Gasteiger partial charge in [-0.05, 0) is 29.8 Å². The molecule has 1 aliphatic heterocycles. The van der Waals surface area contributed by atoms with Crippen LogP contribution in [-0.2, 0) is 6.54 Å². The molecule has 2 heterocycles. The van der Waals surface area contributed by atoms with Gasteiger partial charge in [-0.15, -0.1) is 0 Å². The van der Waals surface area contributed by atoms with Gasteiger partial charge in [0.15, 0.2) is 0 Å². The minimum absolute atomic E-state index is 0.521. The lowest BCUT2D eigenvalue weighted by Gasteiger charge is -2.31. The van der Waals surface area contributed by atoms with Gasteiger partial charge in [-0.1, -0.05) is 66.7 Å². The smallest absolute Gasteiger partial charge is 0.122 e. The van der Waals surface area contributed by atoms with Crippen molar-refractivity contribution in [1.29, 1.82) is 5.26 Å². The summed E-state index contributed by atoms with van der Waals surface area (Å²) in [5.74, 6) is 0.521. The molecule has 0 radical (unpaired) electrons. The number of hydrogen-bond acceptors (Lipinski definition) is 4. The Morgan fingerprint density at radius 3 is 2.31 bits per heavy atom. The lowest BCUT2D eigenvalue weighted by Crippen LogP contribution is -2.31. The molecule has 0 aliphatic carbocycles. The quantitative estimate of drug-likeness (QED) is 0.502. The Bertz CT molecular complexity index is 1140. The third-order valence-electron chi connectivity index (χ3n) is 4.85. The van der Waals surface area contributed by atoms with E-state index in [0.29, 0.717) is 17.9 Å². The number of nitrogens with two attached hydrogens (primary N) is 1. The second-order valence-corrected chi connectivity index (χ2v) is 6.65. The molecule has 5 rings (SSSR count). The maximum Gasteiger partial charge on any atom is 0.122 e. The molecule has 4 aromatic rings. The predicted octanol–water partition coefficient (Wildman–Crippen LogP) is 5.09. The van der Waals surface area contributed by atoms with Gasteiger partial charge >= 0.3 is 0 Å². The van der Waals surface area contributed by atoms with Gasteiger partial charge in [0.25, 0.3) is 0 Å². The highest BCUT2D eigenvalue weighted by atomic mass is 15.2. The SMILES string of the molecule is N#CC1=C(N)N(c2ccccc2)Cc2ccccc21.c1ccc2ncccc2c1. The third kappa shape index (κ3) is 3.80. The molecule has 0 fully saturated rings. The van der Waals surface area contributed by atoms with E-state index in [1.54, 1.807) is 0 Å². The fraction of sp³-hybridized carbons (Fsp3) is 0.0400. The van der Waals surface area contributed by atoms with Crippen LogP contribution < -0.4 is 10.6 Å². The van der Waals surface area contributed by atoms with Gasteiger partial charge in [0.1, 0.15) is 11.9 Å². The maximum absolute atomic E-state index is 9.36. The number of para-hydroxylation sites is 2. The number of hydrogen-bond donors (Lipinski definition) is 1. The number of allylic oxidation sites excluding steroid dienone is 1. The van der Waals surface area contributed by atoms with E-state index in [2.05, 4.69) is 23.2 Å². The Kier molecular flexibility index (Phi) is 5.22. The lowest BCUT2D eigenvalue weighted by atomic mass is 9.96. The first-order valence-electron chi connectivity index (χ1n) is 9.38. The van der Waals surface area contributed by atoms with Crippen LogP contribution >= 0.6 is 0 Å². The van der Waals surface area contributed by atoms with E-state index in [9.17, 15) is 5.26 Å². The molecule has 0 spiro atoms. The van der Waals surface area contributed by atoms with Crippen LogP contribution in [-0.4, -0.2) is 4.98 Å². The van der Waals surface area contributed by atoms with Crippen molar-refractivity contribution in [3.8, 4) is 6.07 Å². The van der Waals surface area contributed by atoms with E-state index >= 15 is 0 Å². The zero-order valence-electron chi connectivity index (χ0n) is 15.9. The van der Waals surface area contributed by atoms with Crippen molar-refractivity contribution >= 4 is 22.2 Å². The standard InChI is InChI=1S/C16H13N3.C9H7N/c17-10-15-14-9-5-4-6-12(14)11-19(16(15)18)13-7-2-1-3-8-13;1-2-6-9-8(4-1)5-3-7-10-9/h1-9H,11,18H2;1-7H. The molecule has 0 saturated heterocycles. The highest BCUT2D eigenvalue weighted by Gasteiger charge is 2.23. The normalized spacial score (nSPS) is 12.6. The van der Waals surface area contributed by atoms with Gasteiger partial charge < -0.3 is 10.6 Å². The van der Waals surface area contributed by atoms with Crippen LogP contribution in [0.5, 0.6) is 0 Å². The molecule has 0 bridgehead atoms. The molecule has 3 aromatic carbocycles. The second-order valence-electron chi connectivity index (χ2n) is 6.65. The number of anilines is 1. The fourth-order valence-corrected chi connectivity index (χ4v) is 3.40. The topological polar surface area (TPSA) is 65.9 Å². The van der Waals surface area contributed by atoms with Crippen molar-refractivity contribution < 1.29 is 0 Å². The largest absolute Gasteiger partial charge is 0.384 e. The minimum Gasteiger partial charge on any atom is -0.384 e. The maximum atomic E-state index is 9.36. The van der Waals surface area contributed by atoms with Crippen molar-refractivity contribution in [1.82, 2.24) is 4.98 Å². The number of fused-ring (bicyclic) bond motifs is 2. The zero-order valence-corrected chi connectivity index (χ0v) is 15.9. The lowest BCUT2D eigenvalue weighted by molar-refractivity contribution is 0.882. The Balaban J connectivity index is 0.000000171. The molecule has 4 heteroatoms. The molecule has 0 saturated carbocycles. The molecule has 0 atom stereocenters. The molecule has 0 amide bonds. The predicted molar refractivity (Wildman–Crippen MR) is 118 cm³/mol. The Labute approximate surface area is 170 Å². The van der Waals surface area contributed by atoms with E-state index in [-0.39, 0.29) is 0 Å². The van der Waals surface area contributed by atoms with Crippen LogP contribution in [0, 0.1) is 11.3 Å². The first-order valence-corrected chi connectivity index (χ1v) is 9.38. The number of nitrogens with zero attached hydrogens (tertiary/aromatic N) is 3. The number of aromatic nitrogens is 1. The third-order valence-corrected chi connectivity index (χ3v) is 4.85. The highest BCUT2D eigenvalue weighted by molar-refractivity contribution is 5.85.